The number of ether oxygens (including phenoxy) is 1. The number of hydrogen-bond donors (Lipinski definition) is 1. The van der Waals surface area contributed by atoms with Crippen LogP contribution in [0.5, 0.6) is 0 Å². The molecule has 1 heterocycles. The Hall–Kier alpha value is -1.26. The predicted molar refractivity (Wildman–Crippen MR) is 44.3 cm³/mol. The SMILES string of the molecule is COC(=O)C[C@H]1CCN(C(=O)O)C1. The second-order valence-electron chi connectivity index (χ2n) is 3.16. The smallest absolute Gasteiger partial charge is 0.407 e. The second-order valence-corrected chi connectivity index (χ2v) is 3.16. The highest BCUT2D eigenvalue weighted by molar-refractivity contribution is 5.70. The van der Waals surface area contributed by atoms with Gasteiger partial charge in [0.2, 0.25) is 0 Å². The number of hydrogen-bond acceptors (Lipinski definition) is 3. The third kappa shape index (κ3) is 2.61. The normalized spacial score (nSPS) is 21.6. The molecule has 1 aliphatic rings. The topological polar surface area (TPSA) is 66.8 Å². The molecule has 1 N–H and O–H groups in total. The van der Waals surface area contributed by atoms with E-state index in [1.165, 1.54) is 12.0 Å². The molecule has 1 aliphatic heterocycles. The Bertz CT molecular complexity index is 216. The molecule has 5 nitrogen and oxygen atoms in total. The number of amides is 1. The summed E-state index contributed by atoms with van der Waals surface area (Å²) < 4.78 is 4.50. The van der Waals surface area contributed by atoms with Gasteiger partial charge >= 0.3 is 12.1 Å². The average Bonchev–Trinajstić information content (AvgIpc) is 2.52. The van der Waals surface area contributed by atoms with Crippen molar-refractivity contribution in [3.63, 3.8) is 0 Å². The highest BCUT2D eigenvalue weighted by atomic mass is 16.5. The van der Waals surface area contributed by atoms with Gasteiger partial charge in [-0.3, -0.25) is 4.79 Å². The fraction of sp³-hybridized carbons (Fsp3) is 0.750. The maximum absolute atomic E-state index is 10.9. The molecular formula is C8H13NO4. The molecule has 0 saturated carbocycles. The summed E-state index contributed by atoms with van der Waals surface area (Å²) in [6, 6.07) is 0. The molecule has 1 rings (SSSR count). The van der Waals surface area contributed by atoms with Gasteiger partial charge in [0.05, 0.1) is 13.5 Å². The standard InChI is InChI=1S/C8H13NO4/c1-13-7(10)4-6-2-3-9(5-6)8(11)12/h6H,2-5H2,1H3,(H,11,12)/t6-/m1/s1. The van der Waals surface area contributed by atoms with Crippen LogP contribution in [0.3, 0.4) is 0 Å². The Morgan fingerprint density at radius 1 is 1.62 bits per heavy atom. The molecule has 0 aromatic heterocycles. The number of likely N-dealkylation sites (tertiary alicyclic amines) is 1. The molecule has 0 spiro atoms. The van der Waals surface area contributed by atoms with Gasteiger partial charge in [-0.1, -0.05) is 0 Å². The molecule has 0 aromatic rings. The van der Waals surface area contributed by atoms with Gasteiger partial charge in [-0.05, 0) is 12.3 Å². The van der Waals surface area contributed by atoms with E-state index in [0.29, 0.717) is 19.5 Å². The Morgan fingerprint density at radius 3 is 2.77 bits per heavy atom. The van der Waals surface area contributed by atoms with Gasteiger partial charge in [0.25, 0.3) is 0 Å². The van der Waals surface area contributed by atoms with Gasteiger partial charge < -0.3 is 14.7 Å². The summed E-state index contributed by atoms with van der Waals surface area (Å²) in [4.78, 5) is 22.7. The van der Waals surface area contributed by atoms with E-state index in [0.717, 1.165) is 6.42 Å². The molecule has 74 valence electrons. The first kappa shape index (κ1) is 9.83. The molecule has 0 bridgehead atoms. The van der Waals surface area contributed by atoms with Crippen LogP contribution in [0.2, 0.25) is 0 Å². The van der Waals surface area contributed by atoms with Crippen LogP contribution in [0.1, 0.15) is 12.8 Å². The van der Waals surface area contributed by atoms with Crippen molar-refractivity contribution in [3.8, 4) is 0 Å². The van der Waals surface area contributed by atoms with Crippen LogP contribution < -0.4 is 0 Å². The molecule has 1 saturated heterocycles. The summed E-state index contributed by atoms with van der Waals surface area (Å²) in [7, 11) is 1.34. The number of carboxylic acid groups (broad SMARTS) is 1. The third-order valence-electron chi connectivity index (χ3n) is 2.24. The van der Waals surface area contributed by atoms with Crippen molar-refractivity contribution in [2.75, 3.05) is 20.2 Å². The van der Waals surface area contributed by atoms with E-state index in [4.69, 9.17) is 5.11 Å². The van der Waals surface area contributed by atoms with E-state index in [-0.39, 0.29) is 11.9 Å². The minimum Gasteiger partial charge on any atom is -0.469 e. The highest BCUT2D eigenvalue weighted by Gasteiger charge is 2.27. The van der Waals surface area contributed by atoms with Crippen molar-refractivity contribution < 1.29 is 19.4 Å². The lowest BCUT2D eigenvalue weighted by molar-refractivity contribution is -0.141. The van der Waals surface area contributed by atoms with E-state index in [9.17, 15) is 9.59 Å². The molecule has 0 unspecified atom stereocenters. The zero-order chi connectivity index (χ0) is 9.84. The van der Waals surface area contributed by atoms with Gasteiger partial charge in [-0.2, -0.15) is 0 Å². The summed E-state index contributed by atoms with van der Waals surface area (Å²) >= 11 is 0. The Balaban J connectivity index is 2.33. The predicted octanol–water partition coefficient (Wildman–Crippen LogP) is 0.549. The molecule has 0 aromatic carbocycles. The van der Waals surface area contributed by atoms with E-state index in [1.54, 1.807) is 0 Å². The Morgan fingerprint density at radius 2 is 2.31 bits per heavy atom. The second kappa shape index (κ2) is 4.11. The average molecular weight is 187 g/mol. The van der Waals surface area contributed by atoms with Crippen molar-refractivity contribution in [2.24, 2.45) is 5.92 Å². The molecule has 13 heavy (non-hydrogen) atoms. The molecule has 1 fully saturated rings. The number of esters is 1. The van der Waals surface area contributed by atoms with Crippen LogP contribution in [-0.4, -0.2) is 42.3 Å². The first-order chi connectivity index (χ1) is 6.13. The molecule has 0 radical (unpaired) electrons. The summed E-state index contributed by atoms with van der Waals surface area (Å²) in [6.45, 7) is 0.974. The van der Waals surface area contributed by atoms with E-state index < -0.39 is 6.09 Å². The lowest BCUT2D eigenvalue weighted by atomic mass is 10.1. The largest absolute Gasteiger partial charge is 0.469 e. The highest BCUT2D eigenvalue weighted by Crippen LogP contribution is 2.19. The molecule has 1 amide bonds. The van der Waals surface area contributed by atoms with Crippen molar-refractivity contribution in [3.05, 3.63) is 0 Å². The van der Waals surface area contributed by atoms with Gasteiger partial charge in [0.1, 0.15) is 0 Å². The lowest BCUT2D eigenvalue weighted by Crippen LogP contribution is -2.27. The monoisotopic (exact) mass is 187 g/mol. The number of rotatable bonds is 2. The van der Waals surface area contributed by atoms with Gasteiger partial charge in [-0.15, -0.1) is 0 Å². The van der Waals surface area contributed by atoms with E-state index >= 15 is 0 Å². The van der Waals surface area contributed by atoms with E-state index in [1.807, 2.05) is 0 Å². The first-order valence-electron chi connectivity index (χ1n) is 4.18. The number of carbonyl (C=O) groups excluding carboxylic acids is 1. The minimum atomic E-state index is -0.910. The molecule has 5 heteroatoms. The van der Waals surface area contributed by atoms with Crippen molar-refractivity contribution in [1.82, 2.24) is 4.90 Å². The quantitative estimate of drug-likeness (QED) is 0.641. The van der Waals surface area contributed by atoms with Crippen LogP contribution in [0.4, 0.5) is 4.79 Å². The fourth-order valence-electron chi connectivity index (χ4n) is 1.49. The van der Waals surface area contributed by atoms with Crippen molar-refractivity contribution in [1.29, 1.82) is 0 Å². The zero-order valence-corrected chi connectivity index (χ0v) is 7.52. The van der Waals surface area contributed by atoms with E-state index in [2.05, 4.69) is 4.74 Å². The number of nitrogens with zero attached hydrogens (tertiary/aromatic N) is 1. The van der Waals surface area contributed by atoms with Crippen molar-refractivity contribution >= 4 is 12.1 Å². The zero-order valence-electron chi connectivity index (χ0n) is 7.52. The maximum Gasteiger partial charge on any atom is 0.407 e. The van der Waals surface area contributed by atoms with Gasteiger partial charge in [0.15, 0.2) is 0 Å². The summed E-state index contributed by atoms with van der Waals surface area (Å²) in [6.07, 6.45) is 0.161. The Kier molecular flexibility index (Phi) is 3.11. The summed E-state index contributed by atoms with van der Waals surface area (Å²) in [5.74, 6) is -0.138. The summed E-state index contributed by atoms with van der Waals surface area (Å²) in [5.41, 5.74) is 0. The minimum absolute atomic E-state index is 0.128. The first-order valence-corrected chi connectivity index (χ1v) is 4.18. The summed E-state index contributed by atoms with van der Waals surface area (Å²) in [5, 5.41) is 8.63. The van der Waals surface area contributed by atoms with Crippen LogP contribution in [-0.2, 0) is 9.53 Å². The maximum atomic E-state index is 10.9. The van der Waals surface area contributed by atoms with Crippen molar-refractivity contribution in [2.45, 2.75) is 12.8 Å². The van der Waals surface area contributed by atoms with Crippen LogP contribution in [0.25, 0.3) is 0 Å². The van der Waals surface area contributed by atoms with Gasteiger partial charge in [0, 0.05) is 13.1 Å². The molecule has 1 atom stereocenters. The molecular weight excluding hydrogens is 174 g/mol. The molecule has 0 aliphatic carbocycles. The fourth-order valence-corrected chi connectivity index (χ4v) is 1.49. The number of methoxy groups -OCH3 is 1. The Labute approximate surface area is 76.3 Å². The lowest BCUT2D eigenvalue weighted by Gasteiger charge is -2.10. The van der Waals surface area contributed by atoms with Crippen LogP contribution >= 0.6 is 0 Å². The third-order valence-corrected chi connectivity index (χ3v) is 2.24. The van der Waals surface area contributed by atoms with Crippen LogP contribution in [0.15, 0.2) is 0 Å². The number of carbonyl (C=O) groups is 2. The van der Waals surface area contributed by atoms with Crippen LogP contribution in [0, 0.1) is 5.92 Å². The van der Waals surface area contributed by atoms with Gasteiger partial charge in [-0.25, -0.2) is 4.79 Å².